The molecule has 0 unspecified atom stereocenters. The van der Waals surface area contributed by atoms with Crippen LogP contribution in [0.2, 0.25) is 0 Å². The van der Waals surface area contributed by atoms with Crippen molar-refractivity contribution in [3.63, 3.8) is 0 Å². The van der Waals surface area contributed by atoms with Crippen molar-refractivity contribution < 1.29 is 8.83 Å². The molecule has 5 heteroatoms. The van der Waals surface area contributed by atoms with E-state index in [1.165, 1.54) is 30.9 Å². The van der Waals surface area contributed by atoms with Crippen molar-refractivity contribution in [1.29, 1.82) is 0 Å². The average molecular weight is 645 g/mol. The number of furan rings is 2. The molecular formula is C44H24N2O2S. The minimum Gasteiger partial charge on any atom is -0.455 e. The molecule has 0 atom stereocenters. The lowest BCUT2D eigenvalue weighted by molar-refractivity contribution is 0.667. The van der Waals surface area contributed by atoms with Crippen molar-refractivity contribution in [3.8, 4) is 33.8 Å². The Bertz CT molecular complexity index is 3130. The van der Waals surface area contributed by atoms with Crippen molar-refractivity contribution in [3.05, 3.63) is 146 Å². The van der Waals surface area contributed by atoms with E-state index in [2.05, 4.69) is 115 Å². The van der Waals surface area contributed by atoms with Crippen LogP contribution in [0.5, 0.6) is 0 Å². The summed E-state index contributed by atoms with van der Waals surface area (Å²) in [6, 6.07) is 50.8. The molecule has 0 saturated heterocycles. The Balaban J connectivity index is 1.17. The highest BCUT2D eigenvalue weighted by molar-refractivity contribution is 7.25. The second-order valence-electron chi connectivity index (χ2n) is 12.5. The smallest absolute Gasteiger partial charge is 0.180 e. The maximum absolute atomic E-state index is 6.70. The molecule has 0 fully saturated rings. The fraction of sp³-hybridized carbons (Fsp3) is 0. The van der Waals surface area contributed by atoms with Gasteiger partial charge in [0.15, 0.2) is 11.4 Å². The van der Waals surface area contributed by atoms with Crippen molar-refractivity contribution in [1.82, 2.24) is 9.97 Å². The quantitative estimate of drug-likeness (QED) is 0.192. The molecule has 0 aliphatic heterocycles. The van der Waals surface area contributed by atoms with Gasteiger partial charge in [0.2, 0.25) is 0 Å². The van der Waals surface area contributed by atoms with Gasteiger partial charge in [0.25, 0.3) is 0 Å². The second kappa shape index (κ2) is 10.1. The van der Waals surface area contributed by atoms with E-state index in [0.717, 1.165) is 66.4 Å². The zero-order valence-electron chi connectivity index (χ0n) is 26.0. The summed E-state index contributed by atoms with van der Waals surface area (Å²) >= 11 is 1.80. The van der Waals surface area contributed by atoms with Crippen LogP contribution in [0.1, 0.15) is 0 Å². The van der Waals surface area contributed by atoms with E-state index in [0.29, 0.717) is 11.4 Å². The highest BCUT2D eigenvalue weighted by atomic mass is 32.1. The highest BCUT2D eigenvalue weighted by Crippen LogP contribution is 2.44. The maximum atomic E-state index is 6.70. The Morgan fingerprint density at radius 3 is 2.12 bits per heavy atom. The van der Waals surface area contributed by atoms with Crippen molar-refractivity contribution in [2.24, 2.45) is 0 Å². The molecule has 4 heterocycles. The number of hydrogen-bond acceptors (Lipinski definition) is 5. The number of thiophene rings is 1. The van der Waals surface area contributed by atoms with E-state index in [-0.39, 0.29) is 0 Å². The molecule has 4 nitrogen and oxygen atoms in total. The summed E-state index contributed by atoms with van der Waals surface area (Å²) in [5.74, 6) is 0.662. The molecule has 0 bridgehead atoms. The summed E-state index contributed by atoms with van der Waals surface area (Å²) < 4.78 is 15.7. The van der Waals surface area contributed by atoms with Crippen LogP contribution in [0, 0.1) is 0 Å². The first-order chi connectivity index (χ1) is 24.3. The predicted octanol–water partition coefficient (Wildman–Crippen LogP) is 12.8. The average Bonchev–Trinajstić information content (AvgIpc) is 3.85. The molecule has 0 spiro atoms. The molecule has 0 aliphatic carbocycles. The maximum Gasteiger partial charge on any atom is 0.180 e. The number of rotatable bonds is 3. The van der Waals surface area contributed by atoms with E-state index in [4.69, 9.17) is 18.8 Å². The Hall–Kier alpha value is -6.30. The predicted molar refractivity (Wildman–Crippen MR) is 203 cm³/mol. The van der Waals surface area contributed by atoms with Crippen molar-refractivity contribution in [2.45, 2.75) is 0 Å². The lowest BCUT2D eigenvalue weighted by atomic mass is 9.97. The SMILES string of the molecule is c1ccc2cc(-c3cccc4c3oc3cccc(-c5nc(-c6ccc7c(c6)sc6ccccc67)nc6c5oc5ccccc56)c34)ccc2c1. The Morgan fingerprint density at radius 1 is 0.449 bits per heavy atom. The van der Waals surface area contributed by atoms with E-state index in [1.54, 1.807) is 11.3 Å². The summed E-state index contributed by atoms with van der Waals surface area (Å²) in [7, 11) is 0. The van der Waals surface area contributed by atoms with Gasteiger partial charge in [0.1, 0.15) is 28.0 Å². The van der Waals surface area contributed by atoms with Gasteiger partial charge in [-0.1, -0.05) is 109 Å². The molecule has 4 aromatic heterocycles. The molecule has 228 valence electrons. The zero-order chi connectivity index (χ0) is 32.1. The normalized spacial score (nSPS) is 12.1. The fourth-order valence-corrected chi connectivity index (χ4v) is 8.54. The highest BCUT2D eigenvalue weighted by Gasteiger charge is 2.23. The van der Waals surface area contributed by atoms with Gasteiger partial charge in [-0.05, 0) is 52.7 Å². The first kappa shape index (κ1) is 26.7. The van der Waals surface area contributed by atoms with Crippen LogP contribution in [-0.2, 0) is 0 Å². The standard InChI is InChI=1S/C44H24N2O2S/c1-2-10-26-23-27(20-19-25(26)9-1)29-13-7-15-34-39-33(14-8-17-36(39)48-42(29)34)41-43-40(32-12-3-5-16-35(32)47-43)45-44(46-41)28-21-22-31-30-11-4-6-18-37(30)49-38(31)24-28/h1-24H. The molecule has 0 N–H and O–H groups in total. The first-order valence-electron chi connectivity index (χ1n) is 16.3. The molecule has 7 aromatic carbocycles. The topological polar surface area (TPSA) is 52.1 Å². The fourth-order valence-electron chi connectivity index (χ4n) is 7.40. The van der Waals surface area contributed by atoms with Crippen LogP contribution in [-0.4, -0.2) is 9.97 Å². The van der Waals surface area contributed by atoms with Crippen LogP contribution >= 0.6 is 11.3 Å². The zero-order valence-corrected chi connectivity index (χ0v) is 26.8. The summed E-state index contributed by atoms with van der Waals surface area (Å²) in [5.41, 5.74) is 8.74. The summed E-state index contributed by atoms with van der Waals surface area (Å²) in [5, 5.41) is 7.94. The van der Waals surface area contributed by atoms with Crippen molar-refractivity contribution >= 4 is 86.3 Å². The number of fused-ring (bicyclic) bond motifs is 10. The largest absolute Gasteiger partial charge is 0.455 e. The van der Waals surface area contributed by atoms with Gasteiger partial charge in [-0.2, -0.15) is 0 Å². The minimum atomic E-state index is 0.662. The Kier molecular flexibility index (Phi) is 5.51. The van der Waals surface area contributed by atoms with E-state index in [1.807, 2.05) is 30.3 Å². The Labute approximate surface area is 283 Å². The van der Waals surface area contributed by atoms with Gasteiger partial charge < -0.3 is 8.83 Å². The van der Waals surface area contributed by atoms with Gasteiger partial charge in [-0.25, -0.2) is 9.97 Å². The van der Waals surface area contributed by atoms with Crippen LogP contribution < -0.4 is 0 Å². The van der Waals surface area contributed by atoms with Crippen LogP contribution in [0.4, 0.5) is 0 Å². The second-order valence-corrected chi connectivity index (χ2v) is 13.6. The molecule has 0 saturated carbocycles. The molecular weight excluding hydrogens is 621 g/mol. The minimum absolute atomic E-state index is 0.662. The third-order valence-corrected chi connectivity index (χ3v) is 10.8. The lowest BCUT2D eigenvalue weighted by Gasteiger charge is -2.08. The molecule has 49 heavy (non-hydrogen) atoms. The summed E-state index contributed by atoms with van der Waals surface area (Å²) in [4.78, 5) is 10.5. The molecule has 11 aromatic rings. The van der Waals surface area contributed by atoms with Gasteiger partial charge in [0.05, 0.1) is 0 Å². The van der Waals surface area contributed by atoms with Gasteiger partial charge in [-0.15, -0.1) is 11.3 Å². The van der Waals surface area contributed by atoms with E-state index in [9.17, 15) is 0 Å². The molecule has 0 aliphatic rings. The summed E-state index contributed by atoms with van der Waals surface area (Å²) in [6.07, 6.45) is 0. The van der Waals surface area contributed by atoms with Crippen LogP contribution in [0.15, 0.2) is 154 Å². The number of hydrogen-bond donors (Lipinski definition) is 0. The monoisotopic (exact) mass is 644 g/mol. The number of aromatic nitrogens is 2. The third kappa shape index (κ3) is 3.97. The van der Waals surface area contributed by atoms with E-state index >= 15 is 0 Å². The number of para-hydroxylation sites is 2. The lowest BCUT2D eigenvalue weighted by Crippen LogP contribution is -1.94. The summed E-state index contributed by atoms with van der Waals surface area (Å²) in [6.45, 7) is 0. The van der Waals surface area contributed by atoms with Crippen LogP contribution in [0.3, 0.4) is 0 Å². The number of nitrogens with zero attached hydrogens (tertiary/aromatic N) is 2. The van der Waals surface area contributed by atoms with Gasteiger partial charge >= 0.3 is 0 Å². The molecule has 0 amide bonds. The third-order valence-electron chi connectivity index (χ3n) is 9.69. The van der Waals surface area contributed by atoms with Gasteiger partial charge in [0, 0.05) is 53.0 Å². The molecule has 0 radical (unpaired) electrons. The van der Waals surface area contributed by atoms with Crippen molar-refractivity contribution in [2.75, 3.05) is 0 Å². The van der Waals surface area contributed by atoms with Crippen LogP contribution in [0.25, 0.3) is 109 Å². The van der Waals surface area contributed by atoms with Gasteiger partial charge in [-0.3, -0.25) is 0 Å². The first-order valence-corrected chi connectivity index (χ1v) is 17.1. The number of benzene rings is 7. The Morgan fingerprint density at radius 2 is 1.16 bits per heavy atom. The van der Waals surface area contributed by atoms with E-state index < -0.39 is 0 Å². The molecule has 11 rings (SSSR count).